The number of rotatable bonds is 5. The Balaban J connectivity index is 1.46. The predicted molar refractivity (Wildman–Crippen MR) is 72.4 cm³/mol. The van der Waals surface area contributed by atoms with E-state index >= 15 is 0 Å². The van der Waals surface area contributed by atoms with Gasteiger partial charge in [0.2, 0.25) is 0 Å². The molecular weight excluding hydrogens is 230 g/mol. The Morgan fingerprint density at radius 2 is 2.00 bits per heavy atom. The van der Waals surface area contributed by atoms with Gasteiger partial charge in [-0.1, -0.05) is 6.42 Å². The minimum Gasteiger partial charge on any atom is -0.314 e. The van der Waals surface area contributed by atoms with E-state index in [9.17, 15) is 4.21 Å². The maximum atomic E-state index is 11.0. The Labute approximate surface area is 107 Å². The first kappa shape index (κ1) is 12.2. The quantitative estimate of drug-likeness (QED) is 0.763. The van der Waals surface area contributed by atoms with Gasteiger partial charge in [0.25, 0.3) is 0 Å². The van der Waals surface area contributed by atoms with Crippen LogP contribution in [0.15, 0.2) is 0 Å². The molecule has 2 nitrogen and oxygen atoms in total. The second kappa shape index (κ2) is 5.00. The summed E-state index contributed by atoms with van der Waals surface area (Å²) in [5.74, 6) is 5.05. The number of hydrogen-bond acceptors (Lipinski definition) is 2. The second-order valence-electron chi connectivity index (χ2n) is 6.35. The molecule has 3 saturated carbocycles. The zero-order chi connectivity index (χ0) is 11.8. The van der Waals surface area contributed by atoms with Crippen LogP contribution < -0.4 is 5.32 Å². The average Bonchev–Trinajstić information content (AvgIpc) is 2.95. The number of fused-ring (bicyclic) bond motifs is 5. The molecule has 0 aromatic rings. The van der Waals surface area contributed by atoms with Crippen molar-refractivity contribution in [2.24, 2.45) is 23.7 Å². The molecule has 0 aromatic carbocycles. The summed E-state index contributed by atoms with van der Waals surface area (Å²) in [6.45, 7) is 1.07. The van der Waals surface area contributed by atoms with Crippen molar-refractivity contribution in [3.63, 3.8) is 0 Å². The van der Waals surface area contributed by atoms with Crippen LogP contribution >= 0.6 is 0 Å². The summed E-state index contributed by atoms with van der Waals surface area (Å²) in [5, 5.41) is 3.75. The van der Waals surface area contributed by atoms with E-state index in [1.807, 2.05) is 0 Å². The molecule has 17 heavy (non-hydrogen) atoms. The lowest BCUT2D eigenvalue weighted by Crippen LogP contribution is -2.39. The summed E-state index contributed by atoms with van der Waals surface area (Å²) in [5.41, 5.74) is 0. The van der Waals surface area contributed by atoms with Crippen LogP contribution in [0.4, 0.5) is 0 Å². The van der Waals surface area contributed by atoms with Gasteiger partial charge >= 0.3 is 0 Å². The van der Waals surface area contributed by atoms with Crippen LogP contribution in [0.5, 0.6) is 0 Å². The molecule has 3 rings (SSSR count). The normalized spacial score (nSPS) is 45.1. The van der Waals surface area contributed by atoms with Crippen LogP contribution in [0.3, 0.4) is 0 Å². The van der Waals surface area contributed by atoms with Gasteiger partial charge in [-0.15, -0.1) is 0 Å². The SMILES string of the molecule is C[S@](=O)CCCN[C@@H]1C[C@H]2C[C@H]1[C@@H]1CCC[C@@H]21. The predicted octanol–water partition coefficient (Wildman–Crippen LogP) is 2.17. The van der Waals surface area contributed by atoms with Gasteiger partial charge in [-0.25, -0.2) is 0 Å². The average molecular weight is 255 g/mol. The molecule has 0 aromatic heterocycles. The van der Waals surface area contributed by atoms with E-state index in [0.717, 1.165) is 48.4 Å². The highest BCUT2D eigenvalue weighted by atomic mass is 32.2. The smallest absolute Gasteiger partial charge is 0.0244 e. The van der Waals surface area contributed by atoms with Gasteiger partial charge in [-0.05, 0) is 62.3 Å². The molecule has 3 aliphatic rings. The van der Waals surface area contributed by atoms with Crippen LogP contribution in [-0.2, 0) is 10.8 Å². The minimum absolute atomic E-state index is 0.615. The van der Waals surface area contributed by atoms with Crippen molar-refractivity contribution in [1.29, 1.82) is 0 Å². The van der Waals surface area contributed by atoms with Crippen LogP contribution in [-0.4, -0.2) is 28.8 Å². The van der Waals surface area contributed by atoms with Crippen LogP contribution in [0.2, 0.25) is 0 Å². The van der Waals surface area contributed by atoms with Crippen molar-refractivity contribution in [2.45, 2.75) is 44.6 Å². The standard InChI is InChI=1S/C14H25NOS/c1-17(16)7-3-6-15-14-9-10-8-13(14)12-5-2-4-11(10)12/h10-15H,2-9H2,1H3/t10-,11+,12-,13+,14-,17+/m1/s1. The van der Waals surface area contributed by atoms with Gasteiger partial charge in [0.15, 0.2) is 0 Å². The molecule has 6 atom stereocenters. The first-order valence-corrected chi connectivity index (χ1v) is 9.02. The fourth-order valence-electron chi connectivity index (χ4n) is 4.87. The maximum Gasteiger partial charge on any atom is 0.0244 e. The summed E-state index contributed by atoms with van der Waals surface area (Å²) in [4.78, 5) is 0. The second-order valence-corrected chi connectivity index (χ2v) is 7.90. The van der Waals surface area contributed by atoms with Crippen molar-refractivity contribution in [3.8, 4) is 0 Å². The summed E-state index contributed by atoms with van der Waals surface area (Å²) in [6.07, 6.45) is 10.3. The van der Waals surface area contributed by atoms with Gasteiger partial charge in [0.1, 0.15) is 0 Å². The zero-order valence-corrected chi connectivity index (χ0v) is 11.7. The monoisotopic (exact) mass is 255 g/mol. The van der Waals surface area contributed by atoms with Crippen LogP contribution in [0.1, 0.15) is 38.5 Å². The third kappa shape index (κ3) is 2.33. The summed E-state index contributed by atoms with van der Waals surface area (Å²) in [7, 11) is -0.615. The summed E-state index contributed by atoms with van der Waals surface area (Å²) in [6, 6.07) is 0.796. The van der Waals surface area contributed by atoms with Gasteiger partial charge in [0.05, 0.1) is 0 Å². The maximum absolute atomic E-state index is 11.0. The molecule has 3 heteroatoms. The van der Waals surface area contributed by atoms with E-state index in [2.05, 4.69) is 5.32 Å². The molecule has 3 aliphatic carbocycles. The van der Waals surface area contributed by atoms with Crippen molar-refractivity contribution in [2.75, 3.05) is 18.6 Å². The van der Waals surface area contributed by atoms with Gasteiger partial charge in [0, 0.05) is 28.9 Å². The highest BCUT2D eigenvalue weighted by Gasteiger charge is 2.53. The van der Waals surface area contributed by atoms with E-state index in [-0.39, 0.29) is 0 Å². The number of hydrogen-bond donors (Lipinski definition) is 1. The molecule has 0 radical (unpaired) electrons. The highest BCUT2D eigenvalue weighted by molar-refractivity contribution is 7.84. The molecule has 0 saturated heterocycles. The van der Waals surface area contributed by atoms with Crippen molar-refractivity contribution in [3.05, 3.63) is 0 Å². The van der Waals surface area contributed by atoms with E-state index in [1.54, 1.807) is 6.26 Å². The van der Waals surface area contributed by atoms with Crippen LogP contribution in [0.25, 0.3) is 0 Å². The molecule has 2 bridgehead atoms. The first-order valence-electron chi connectivity index (χ1n) is 7.29. The van der Waals surface area contributed by atoms with Crippen molar-refractivity contribution < 1.29 is 4.21 Å². The minimum atomic E-state index is -0.615. The largest absolute Gasteiger partial charge is 0.314 e. The van der Waals surface area contributed by atoms with E-state index < -0.39 is 10.8 Å². The summed E-state index contributed by atoms with van der Waals surface area (Å²) < 4.78 is 11.0. The van der Waals surface area contributed by atoms with E-state index in [1.165, 1.54) is 32.1 Å². The molecule has 3 fully saturated rings. The fraction of sp³-hybridized carbons (Fsp3) is 1.00. The van der Waals surface area contributed by atoms with Crippen molar-refractivity contribution in [1.82, 2.24) is 5.32 Å². The molecular formula is C14H25NOS. The lowest BCUT2D eigenvalue weighted by molar-refractivity contribution is 0.209. The zero-order valence-electron chi connectivity index (χ0n) is 10.9. The Morgan fingerprint density at radius 1 is 1.18 bits per heavy atom. The van der Waals surface area contributed by atoms with E-state index in [4.69, 9.17) is 0 Å². The molecule has 0 heterocycles. The molecule has 0 unspecified atom stereocenters. The highest BCUT2D eigenvalue weighted by Crippen LogP contribution is 2.58. The Bertz CT molecular complexity index is 307. The lowest BCUT2D eigenvalue weighted by atomic mass is 9.79. The molecule has 0 amide bonds. The van der Waals surface area contributed by atoms with Crippen LogP contribution in [0, 0.1) is 23.7 Å². The fourth-order valence-corrected chi connectivity index (χ4v) is 5.42. The Kier molecular flexibility index (Phi) is 3.58. The number of nitrogens with one attached hydrogen (secondary N) is 1. The Morgan fingerprint density at radius 3 is 2.82 bits per heavy atom. The lowest BCUT2D eigenvalue weighted by Gasteiger charge is -2.32. The van der Waals surface area contributed by atoms with Gasteiger partial charge in [-0.2, -0.15) is 0 Å². The third-order valence-corrected chi connectivity index (χ3v) is 6.31. The topological polar surface area (TPSA) is 29.1 Å². The Hall–Kier alpha value is 0.110. The molecule has 98 valence electrons. The summed E-state index contributed by atoms with van der Waals surface area (Å²) >= 11 is 0. The van der Waals surface area contributed by atoms with Gasteiger partial charge in [-0.3, -0.25) is 4.21 Å². The van der Waals surface area contributed by atoms with E-state index in [0.29, 0.717) is 0 Å². The molecule has 0 aliphatic heterocycles. The molecule has 0 spiro atoms. The van der Waals surface area contributed by atoms with Gasteiger partial charge < -0.3 is 5.32 Å². The first-order chi connectivity index (χ1) is 8.25. The molecule has 1 N–H and O–H groups in total. The van der Waals surface area contributed by atoms with Crippen molar-refractivity contribution >= 4 is 10.8 Å². The third-order valence-electron chi connectivity index (χ3n) is 5.44.